The highest BCUT2D eigenvalue weighted by molar-refractivity contribution is 7.15. The number of fused-ring (bicyclic) bond motifs is 1. The van der Waals surface area contributed by atoms with Crippen molar-refractivity contribution in [2.24, 2.45) is 17.1 Å². The molecule has 1 aliphatic rings. The van der Waals surface area contributed by atoms with Gasteiger partial charge in [-0.1, -0.05) is 20.8 Å². The van der Waals surface area contributed by atoms with Crippen LogP contribution in [-0.4, -0.2) is 28.5 Å². The number of hydrogen-bond acceptors (Lipinski definition) is 4. The maximum absolute atomic E-state index is 6.05. The van der Waals surface area contributed by atoms with E-state index in [0.717, 1.165) is 36.2 Å². The van der Waals surface area contributed by atoms with E-state index in [2.05, 4.69) is 48.6 Å². The molecule has 0 radical (unpaired) electrons. The number of rotatable bonds is 3. The molecule has 0 spiro atoms. The Morgan fingerprint density at radius 3 is 2.86 bits per heavy atom. The Labute approximate surface area is 131 Å². The summed E-state index contributed by atoms with van der Waals surface area (Å²) >= 11 is 1.70. The Hall–Kier alpha value is -1.07. The van der Waals surface area contributed by atoms with Gasteiger partial charge in [0.05, 0.1) is 5.69 Å². The first-order valence-corrected chi connectivity index (χ1v) is 8.69. The van der Waals surface area contributed by atoms with E-state index in [1.807, 2.05) is 0 Å². The molecule has 2 N–H and O–H groups in total. The number of imidazole rings is 1. The lowest BCUT2D eigenvalue weighted by molar-refractivity contribution is 0.263. The zero-order valence-corrected chi connectivity index (χ0v) is 14.3. The van der Waals surface area contributed by atoms with Gasteiger partial charge in [-0.3, -0.25) is 4.40 Å². The van der Waals surface area contributed by atoms with Crippen LogP contribution in [0.15, 0.2) is 11.6 Å². The Balaban J connectivity index is 1.92. The highest BCUT2D eigenvalue weighted by Gasteiger charge is 2.34. The van der Waals surface area contributed by atoms with Crippen molar-refractivity contribution in [2.75, 3.05) is 18.0 Å². The lowest BCUT2D eigenvalue weighted by Crippen LogP contribution is -2.27. The fourth-order valence-electron chi connectivity index (χ4n) is 3.23. The average Bonchev–Trinajstić information content (AvgIpc) is 3.03. The van der Waals surface area contributed by atoms with Gasteiger partial charge in [0.15, 0.2) is 10.8 Å². The SMILES string of the molecule is CC(N)Cc1c(N2CCC(C(C)(C)C)C2)nc2sccn12. The number of thiazole rings is 1. The van der Waals surface area contributed by atoms with Crippen LogP contribution in [0, 0.1) is 11.3 Å². The van der Waals surface area contributed by atoms with Crippen molar-refractivity contribution in [3.05, 3.63) is 17.3 Å². The molecule has 2 aromatic heterocycles. The number of aromatic nitrogens is 2. The topological polar surface area (TPSA) is 46.6 Å². The second-order valence-corrected chi connectivity index (χ2v) is 8.29. The van der Waals surface area contributed by atoms with Gasteiger partial charge in [0.2, 0.25) is 0 Å². The summed E-state index contributed by atoms with van der Waals surface area (Å²) in [4.78, 5) is 8.42. The normalized spacial score (nSPS) is 21.4. The summed E-state index contributed by atoms with van der Waals surface area (Å²) < 4.78 is 2.22. The Morgan fingerprint density at radius 2 is 2.24 bits per heavy atom. The highest BCUT2D eigenvalue weighted by atomic mass is 32.1. The smallest absolute Gasteiger partial charge is 0.195 e. The number of hydrogen-bond donors (Lipinski definition) is 1. The van der Waals surface area contributed by atoms with Gasteiger partial charge < -0.3 is 10.6 Å². The van der Waals surface area contributed by atoms with Crippen molar-refractivity contribution >= 4 is 22.1 Å². The molecule has 1 aliphatic heterocycles. The van der Waals surface area contributed by atoms with E-state index in [1.54, 1.807) is 11.3 Å². The first kappa shape index (κ1) is 14.9. The average molecular weight is 306 g/mol. The quantitative estimate of drug-likeness (QED) is 0.947. The van der Waals surface area contributed by atoms with Gasteiger partial charge >= 0.3 is 0 Å². The van der Waals surface area contributed by atoms with Crippen LogP contribution in [0.25, 0.3) is 4.96 Å². The lowest BCUT2D eigenvalue weighted by Gasteiger charge is -2.27. The van der Waals surface area contributed by atoms with E-state index in [0.29, 0.717) is 5.41 Å². The van der Waals surface area contributed by atoms with E-state index < -0.39 is 0 Å². The van der Waals surface area contributed by atoms with Crippen LogP contribution in [0.1, 0.15) is 39.8 Å². The molecule has 0 aliphatic carbocycles. The summed E-state index contributed by atoms with van der Waals surface area (Å²) in [5, 5.41) is 2.10. The zero-order valence-electron chi connectivity index (χ0n) is 13.5. The predicted molar refractivity (Wildman–Crippen MR) is 90.2 cm³/mol. The van der Waals surface area contributed by atoms with Crippen LogP contribution in [-0.2, 0) is 6.42 Å². The van der Waals surface area contributed by atoms with Crippen molar-refractivity contribution in [3.8, 4) is 0 Å². The molecule has 4 nitrogen and oxygen atoms in total. The van der Waals surface area contributed by atoms with Crippen molar-refractivity contribution in [1.29, 1.82) is 0 Å². The summed E-state index contributed by atoms with van der Waals surface area (Å²) in [7, 11) is 0. The van der Waals surface area contributed by atoms with Crippen LogP contribution in [0.3, 0.4) is 0 Å². The van der Waals surface area contributed by atoms with E-state index >= 15 is 0 Å². The molecular formula is C16H26N4S. The molecule has 21 heavy (non-hydrogen) atoms. The molecule has 2 atom stereocenters. The molecule has 2 unspecified atom stereocenters. The van der Waals surface area contributed by atoms with Gasteiger partial charge in [-0.15, -0.1) is 11.3 Å². The monoisotopic (exact) mass is 306 g/mol. The minimum atomic E-state index is 0.157. The van der Waals surface area contributed by atoms with E-state index in [9.17, 15) is 0 Å². The molecule has 0 bridgehead atoms. The molecule has 3 heterocycles. The van der Waals surface area contributed by atoms with Gasteiger partial charge in [0.25, 0.3) is 0 Å². The van der Waals surface area contributed by atoms with Gasteiger partial charge in [-0.2, -0.15) is 0 Å². The minimum Gasteiger partial charge on any atom is -0.355 e. The summed E-state index contributed by atoms with van der Waals surface area (Å²) in [6.07, 6.45) is 4.25. The van der Waals surface area contributed by atoms with Crippen molar-refractivity contribution in [3.63, 3.8) is 0 Å². The van der Waals surface area contributed by atoms with Crippen LogP contribution in [0.4, 0.5) is 5.82 Å². The number of anilines is 1. The van der Waals surface area contributed by atoms with Crippen molar-refractivity contribution in [2.45, 2.75) is 46.6 Å². The second kappa shape index (κ2) is 5.29. The molecule has 116 valence electrons. The van der Waals surface area contributed by atoms with Crippen molar-refractivity contribution in [1.82, 2.24) is 9.38 Å². The van der Waals surface area contributed by atoms with Gasteiger partial charge in [0.1, 0.15) is 0 Å². The maximum Gasteiger partial charge on any atom is 0.195 e. The van der Waals surface area contributed by atoms with Crippen LogP contribution in [0.2, 0.25) is 0 Å². The first-order valence-electron chi connectivity index (χ1n) is 7.81. The maximum atomic E-state index is 6.05. The second-order valence-electron chi connectivity index (χ2n) is 7.42. The van der Waals surface area contributed by atoms with Crippen LogP contribution in [0.5, 0.6) is 0 Å². The van der Waals surface area contributed by atoms with Crippen LogP contribution >= 0.6 is 11.3 Å². The minimum absolute atomic E-state index is 0.157. The molecule has 0 amide bonds. The predicted octanol–water partition coefficient (Wildman–Crippen LogP) is 3.16. The fraction of sp³-hybridized carbons (Fsp3) is 0.688. The van der Waals surface area contributed by atoms with E-state index in [1.165, 1.54) is 12.1 Å². The lowest BCUT2D eigenvalue weighted by atomic mass is 9.80. The summed E-state index contributed by atoms with van der Waals surface area (Å²) in [6, 6.07) is 0.157. The van der Waals surface area contributed by atoms with Crippen LogP contribution < -0.4 is 10.6 Å². The standard InChI is InChI=1S/C16H26N4S/c1-11(17)9-13-14(18-15-20(13)7-8-21-15)19-6-5-12(10-19)16(2,3)4/h7-8,11-12H,5-6,9-10,17H2,1-4H3. The Morgan fingerprint density at radius 1 is 1.48 bits per heavy atom. The summed E-state index contributed by atoms with van der Waals surface area (Å²) in [5.74, 6) is 1.89. The molecule has 2 aromatic rings. The largest absolute Gasteiger partial charge is 0.355 e. The van der Waals surface area contributed by atoms with E-state index in [-0.39, 0.29) is 6.04 Å². The number of nitrogens with two attached hydrogens (primary N) is 1. The summed E-state index contributed by atoms with van der Waals surface area (Å²) in [6.45, 7) is 11.3. The van der Waals surface area contributed by atoms with Crippen molar-refractivity contribution < 1.29 is 0 Å². The molecular weight excluding hydrogens is 280 g/mol. The number of nitrogens with zero attached hydrogens (tertiary/aromatic N) is 3. The Kier molecular flexibility index (Phi) is 3.74. The highest BCUT2D eigenvalue weighted by Crippen LogP contribution is 2.37. The third-order valence-electron chi connectivity index (χ3n) is 4.57. The molecule has 1 saturated heterocycles. The fourth-order valence-corrected chi connectivity index (χ4v) is 3.96. The first-order chi connectivity index (χ1) is 9.86. The van der Waals surface area contributed by atoms with Gasteiger partial charge in [-0.05, 0) is 24.7 Å². The van der Waals surface area contributed by atoms with Gasteiger partial charge in [-0.25, -0.2) is 4.98 Å². The van der Waals surface area contributed by atoms with Gasteiger partial charge in [0, 0.05) is 37.1 Å². The zero-order chi connectivity index (χ0) is 15.2. The molecule has 3 rings (SSSR count). The summed E-state index contributed by atoms with van der Waals surface area (Å²) in [5.41, 5.74) is 7.69. The van der Waals surface area contributed by atoms with E-state index in [4.69, 9.17) is 10.7 Å². The molecule has 1 fully saturated rings. The molecule has 5 heteroatoms. The molecule has 0 aromatic carbocycles. The third kappa shape index (κ3) is 2.81. The Bertz CT molecular complexity index is 620. The molecule has 0 saturated carbocycles. The third-order valence-corrected chi connectivity index (χ3v) is 5.32.